The standard InChI is InChI=1S/C26H29N3O3/c1-17-4-8-19(9-5-17)29-22-14-26(2,3)13-21(20(22)15-27-29)28-25(30)11-7-18-6-10-23-24(12-18)32-16-31-23/h4-6,8-10,12,15,21H,7,11,13-14,16H2,1-3H3,(H,28,30). The third-order valence-electron chi connectivity index (χ3n) is 6.37. The van der Waals surface area contributed by atoms with E-state index in [0.29, 0.717) is 12.8 Å². The van der Waals surface area contributed by atoms with Gasteiger partial charge in [-0.25, -0.2) is 4.68 Å². The van der Waals surface area contributed by atoms with Gasteiger partial charge in [0, 0.05) is 12.0 Å². The number of carbonyl (C=O) groups is 1. The number of carbonyl (C=O) groups excluding carboxylic acids is 1. The molecule has 0 spiro atoms. The van der Waals surface area contributed by atoms with Gasteiger partial charge in [-0.15, -0.1) is 0 Å². The molecule has 1 aliphatic carbocycles. The average molecular weight is 432 g/mol. The molecular formula is C26H29N3O3. The maximum absolute atomic E-state index is 12.9. The van der Waals surface area contributed by atoms with Crippen molar-refractivity contribution in [3.05, 3.63) is 71.0 Å². The van der Waals surface area contributed by atoms with E-state index in [1.165, 1.54) is 11.3 Å². The molecule has 1 amide bonds. The number of benzene rings is 2. The average Bonchev–Trinajstić information content (AvgIpc) is 3.38. The Morgan fingerprint density at radius 2 is 1.94 bits per heavy atom. The van der Waals surface area contributed by atoms with Crippen LogP contribution in [0, 0.1) is 12.3 Å². The highest BCUT2D eigenvalue weighted by atomic mass is 16.7. The van der Waals surface area contributed by atoms with Gasteiger partial charge in [0.1, 0.15) is 0 Å². The molecule has 2 aliphatic rings. The third kappa shape index (κ3) is 4.09. The largest absolute Gasteiger partial charge is 0.454 e. The number of hydrogen-bond donors (Lipinski definition) is 1. The number of fused-ring (bicyclic) bond motifs is 2. The molecule has 0 saturated heterocycles. The van der Waals surface area contributed by atoms with Crippen LogP contribution >= 0.6 is 0 Å². The molecule has 0 bridgehead atoms. The summed E-state index contributed by atoms with van der Waals surface area (Å²) in [6.45, 7) is 6.86. The molecule has 0 fully saturated rings. The topological polar surface area (TPSA) is 65.4 Å². The van der Waals surface area contributed by atoms with Gasteiger partial charge in [-0.1, -0.05) is 37.6 Å². The Morgan fingerprint density at radius 3 is 2.75 bits per heavy atom. The van der Waals surface area contributed by atoms with Gasteiger partial charge in [-0.3, -0.25) is 4.79 Å². The second-order valence-corrected chi connectivity index (χ2v) is 9.65. The van der Waals surface area contributed by atoms with Crippen LogP contribution in [0.15, 0.2) is 48.7 Å². The number of rotatable bonds is 5. The Balaban J connectivity index is 1.31. The monoisotopic (exact) mass is 431 g/mol. The van der Waals surface area contributed by atoms with Crippen LogP contribution < -0.4 is 14.8 Å². The Hall–Kier alpha value is -3.28. The molecule has 6 nitrogen and oxygen atoms in total. The van der Waals surface area contributed by atoms with Crippen LogP contribution in [0.3, 0.4) is 0 Å². The van der Waals surface area contributed by atoms with Gasteiger partial charge in [0.25, 0.3) is 0 Å². The number of aromatic nitrogens is 2. The molecule has 5 rings (SSSR count). The lowest BCUT2D eigenvalue weighted by Crippen LogP contribution is -2.36. The van der Waals surface area contributed by atoms with E-state index in [1.54, 1.807) is 0 Å². The summed E-state index contributed by atoms with van der Waals surface area (Å²) < 4.78 is 12.8. The molecule has 1 atom stereocenters. The number of ether oxygens (including phenoxy) is 2. The summed E-state index contributed by atoms with van der Waals surface area (Å²) in [7, 11) is 0. The fraction of sp³-hybridized carbons (Fsp3) is 0.385. The first-order valence-corrected chi connectivity index (χ1v) is 11.2. The van der Waals surface area contributed by atoms with Gasteiger partial charge in [0.15, 0.2) is 11.5 Å². The predicted octanol–water partition coefficient (Wildman–Crippen LogP) is 4.67. The van der Waals surface area contributed by atoms with E-state index >= 15 is 0 Å². The van der Waals surface area contributed by atoms with Crippen LogP contribution in [0.25, 0.3) is 5.69 Å². The van der Waals surface area contributed by atoms with E-state index in [-0.39, 0.29) is 24.2 Å². The van der Waals surface area contributed by atoms with Gasteiger partial charge >= 0.3 is 0 Å². The molecule has 2 heterocycles. The summed E-state index contributed by atoms with van der Waals surface area (Å²) in [5.41, 5.74) is 5.74. The first-order chi connectivity index (χ1) is 15.4. The summed E-state index contributed by atoms with van der Waals surface area (Å²) in [6.07, 6.45) is 4.84. The second-order valence-electron chi connectivity index (χ2n) is 9.65. The van der Waals surface area contributed by atoms with Crippen molar-refractivity contribution < 1.29 is 14.3 Å². The molecule has 2 aromatic carbocycles. The van der Waals surface area contributed by atoms with Gasteiger partial charge < -0.3 is 14.8 Å². The molecule has 1 unspecified atom stereocenters. The highest BCUT2D eigenvalue weighted by Crippen LogP contribution is 2.41. The van der Waals surface area contributed by atoms with Crippen molar-refractivity contribution in [1.29, 1.82) is 0 Å². The molecular weight excluding hydrogens is 402 g/mol. The minimum atomic E-state index is -0.0304. The van der Waals surface area contributed by atoms with Gasteiger partial charge in [0.05, 0.1) is 23.6 Å². The summed E-state index contributed by atoms with van der Waals surface area (Å²) in [4.78, 5) is 12.9. The first kappa shape index (κ1) is 20.6. The summed E-state index contributed by atoms with van der Waals surface area (Å²) in [5.74, 6) is 1.57. The minimum absolute atomic E-state index is 0.0304. The molecule has 6 heteroatoms. The van der Waals surface area contributed by atoms with E-state index in [9.17, 15) is 4.79 Å². The Morgan fingerprint density at radius 1 is 1.16 bits per heavy atom. The van der Waals surface area contributed by atoms with Crippen molar-refractivity contribution in [3.8, 4) is 17.2 Å². The Labute approximate surface area is 188 Å². The SMILES string of the molecule is Cc1ccc(-n2ncc3c2CC(C)(C)CC3NC(=O)CCc2ccc3c(c2)OCO3)cc1. The van der Waals surface area contributed by atoms with Crippen molar-refractivity contribution >= 4 is 5.91 Å². The van der Waals surface area contributed by atoms with E-state index in [4.69, 9.17) is 9.47 Å². The molecule has 0 saturated carbocycles. The number of hydrogen-bond acceptors (Lipinski definition) is 4. The maximum Gasteiger partial charge on any atom is 0.231 e. The highest BCUT2D eigenvalue weighted by molar-refractivity contribution is 5.77. The van der Waals surface area contributed by atoms with Gasteiger partial charge in [-0.2, -0.15) is 5.10 Å². The fourth-order valence-electron chi connectivity index (χ4n) is 4.70. The van der Waals surface area contributed by atoms with Crippen LogP contribution in [0.1, 0.15) is 55.1 Å². The van der Waals surface area contributed by atoms with Crippen molar-refractivity contribution in [2.45, 2.75) is 52.5 Å². The van der Waals surface area contributed by atoms with E-state index in [1.807, 2.05) is 29.1 Å². The third-order valence-corrected chi connectivity index (χ3v) is 6.37. The number of nitrogens with one attached hydrogen (secondary N) is 1. The zero-order valence-electron chi connectivity index (χ0n) is 18.9. The zero-order chi connectivity index (χ0) is 22.3. The van der Waals surface area contributed by atoms with Crippen molar-refractivity contribution in [3.63, 3.8) is 0 Å². The van der Waals surface area contributed by atoms with E-state index in [0.717, 1.165) is 41.2 Å². The lowest BCUT2D eigenvalue weighted by Gasteiger charge is -2.36. The quantitative estimate of drug-likeness (QED) is 0.638. The number of amides is 1. The fourth-order valence-corrected chi connectivity index (χ4v) is 4.70. The van der Waals surface area contributed by atoms with Crippen LogP contribution in [-0.2, 0) is 17.6 Å². The van der Waals surface area contributed by atoms with Crippen LogP contribution in [0.5, 0.6) is 11.5 Å². The number of nitrogens with zero attached hydrogens (tertiary/aromatic N) is 2. The first-order valence-electron chi connectivity index (χ1n) is 11.2. The van der Waals surface area contributed by atoms with E-state index < -0.39 is 0 Å². The van der Waals surface area contributed by atoms with Crippen LogP contribution in [0.4, 0.5) is 0 Å². The van der Waals surface area contributed by atoms with E-state index in [2.05, 4.69) is 55.5 Å². The summed E-state index contributed by atoms with van der Waals surface area (Å²) >= 11 is 0. The van der Waals surface area contributed by atoms with Gasteiger partial charge in [-0.05, 0) is 61.4 Å². The molecule has 166 valence electrons. The van der Waals surface area contributed by atoms with Crippen LogP contribution in [-0.4, -0.2) is 22.5 Å². The smallest absolute Gasteiger partial charge is 0.231 e. The molecule has 3 aromatic rings. The normalized spacial score (nSPS) is 18.3. The zero-order valence-corrected chi connectivity index (χ0v) is 18.9. The summed E-state index contributed by atoms with van der Waals surface area (Å²) in [5, 5.41) is 7.97. The molecule has 0 radical (unpaired) electrons. The van der Waals surface area contributed by atoms with Crippen LogP contribution in [0.2, 0.25) is 0 Å². The van der Waals surface area contributed by atoms with Crippen molar-refractivity contribution in [2.75, 3.05) is 6.79 Å². The van der Waals surface area contributed by atoms with Crippen molar-refractivity contribution in [1.82, 2.24) is 15.1 Å². The van der Waals surface area contributed by atoms with Gasteiger partial charge in [0.2, 0.25) is 12.7 Å². The molecule has 1 N–H and O–H groups in total. The lowest BCUT2D eigenvalue weighted by molar-refractivity contribution is -0.122. The minimum Gasteiger partial charge on any atom is -0.454 e. The second kappa shape index (κ2) is 8.01. The summed E-state index contributed by atoms with van der Waals surface area (Å²) in [6, 6.07) is 14.2. The Bertz CT molecular complexity index is 1150. The number of aryl methyl sites for hydroxylation is 2. The highest BCUT2D eigenvalue weighted by Gasteiger charge is 2.36. The molecule has 1 aliphatic heterocycles. The molecule has 1 aromatic heterocycles. The Kier molecular flexibility index (Phi) is 5.16. The predicted molar refractivity (Wildman–Crippen MR) is 122 cm³/mol. The maximum atomic E-state index is 12.9. The van der Waals surface area contributed by atoms with Crippen molar-refractivity contribution in [2.24, 2.45) is 5.41 Å². The molecule has 32 heavy (non-hydrogen) atoms. The lowest BCUT2D eigenvalue weighted by atomic mass is 9.74.